The highest BCUT2D eigenvalue weighted by Gasteiger charge is 2.23. The smallest absolute Gasteiger partial charge is 0.281 e. The minimum atomic E-state index is -3.95. The lowest BCUT2D eigenvalue weighted by Gasteiger charge is -2.20. The lowest BCUT2D eigenvalue weighted by Crippen LogP contribution is -2.38. The van der Waals surface area contributed by atoms with E-state index in [1.165, 1.54) is 6.42 Å². The molecule has 1 aliphatic rings. The molecule has 216 valence electrons. The first-order chi connectivity index (χ1) is 19.1. The molecule has 0 radical (unpaired) electrons. The maximum absolute atomic E-state index is 13.1. The van der Waals surface area contributed by atoms with Crippen LogP contribution in [0.4, 0.5) is 0 Å². The van der Waals surface area contributed by atoms with Gasteiger partial charge < -0.3 is 15.0 Å². The maximum Gasteiger partial charge on any atom is 0.281 e. The molecule has 0 saturated heterocycles. The third-order valence-electron chi connectivity index (χ3n) is 7.43. The van der Waals surface area contributed by atoms with E-state index < -0.39 is 15.9 Å². The monoisotopic (exact) mass is 587 g/mol. The van der Waals surface area contributed by atoms with Crippen molar-refractivity contribution in [2.24, 2.45) is 5.92 Å². The van der Waals surface area contributed by atoms with Crippen LogP contribution in [0.5, 0.6) is 5.75 Å². The number of H-pyrrole nitrogens is 1. The second-order valence-electron chi connectivity index (χ2n) is 10.7. The van der Waals surface area contributed by atoms with Gasteiger partial charge in [0.15, 0.2) is 0 Å². The van der Waals surface area contributed by atoms with Gasteiger partial charge >= 0.3 is 0 Å². The molecule has 3 N–H and O–H groups in total. The average Bonchev–Trinajstić information content (AvgIpc) is 3.28. The summed E-state index contributed by atoms with van der Waals surface area (Å²) in [7, 11) is -3.95. The van der Waals surface area contributed by atoms with E-state index in [1.54, 1.807) is 0 Å². The molecule has 3 aromatic rings. The number of nitrogens with one attached hydrogen (secondary N) is 3. The fourth-order valence-corrected chi connectivity index (χ4v) is 6.34. The van der Waals surface area contributed by atoms with E-state index in [9.17, 15) is 18.0 Å². The van der Waals surface area contributed by atoms with Crippen molar-refractivity contribution < 1.29 is 22.7 Å². The predicted molar refractivity (Wildman–Crippen MR) is 158 cm³/mol. The summed E-state index contributed by atoms with van der Waals surface area (Å²) in [6.45, 7) is 4.23. The topological polar surface area (TPSA) is 117 Å². The highest BCUT2D eigenvalue weighted by atomic mass is 35.5. The van der Waals surface area contributed by atoms with Crippen LogP contribution in [0.15, 0.2) is 36.4 Å². The molecule has 2 aromatic carbocycles. The normalized spacial score (nSPS) is 14.3. The van der Waals surface area contributed by atoms with Crippen molar-refractivity contribution in [1.29, 1.82) is 0 Å². The Kier molecular flexibility index (Phi) is 10.1. The number of aromatic nitrogens is 1. The first-order valence-corrected chi connectivity index (χ1v) is 16.0. The number of amides is 2. The Morgan fingerprint density at radius 2 is 1.77 bits per heavy atom. The number of benzene rings is 2. The number of carbonyl (C=O) groups is 2. The fourth-order valence-electron chi connectivity index (χ4n) is 5.38. The number of aryl methyl sites for hydroxylation is 3. The van der Waals surface area contributed by atoms with Gasteiger partial charge in [0, 0.05) is 28.9 Å². The van der Waals surface area contributed by atoms with Crippen molar-refractivity contribution >= 4 is 44.3 Å². The van der Waals surface area contributed by atoms with Gasteiger partial charge in [-0.1, -0.05) is 49.1 Å². The second-order valence-corrected chi connectivity index (χ2v) is 12.9. The van der Waals surface area contributed by atoms with Gasteiger partial charge in [-0.15, -0.1) is 0 Å². The zero-order chi connectivity index (χ0) is 28.7. The highest BCUT2D eigenvalue weighted by Crippen LogP contribution is 2.28. The summed E-state index contributed by atoms with van der Waals surface area (Å²) >= 11 is 6.25. The zero-order valence-electron chi connectivity index (χ0n) is 23.1. The maximum atomic E-state index is 13.1. The molecule has 40 heavy (non-hydrogen) atoms. The number of sulfonamides is 1. The predicted octanol–water partition coefficient (Wildman–Crippen LogP) is 5.60. The largest absolute Gasteiger partial charge is 0.494 e. The van der Waals surface area contributed by atoms with Gasteiger partial charge in [0.25, 0.3) is 5.91 Å². The van der Waals surface area contributed by atoms with Crippen molar-refractivity contribution in [2.45, 2.75) is 65.2 Å². The molecule has 0 bridgehead atoms. The van der Waals surface area contributed by atoms with E-state index in [0.717, 1.165) is 64.0 Å². The number of ether oxygens (including phenoxy) is 1. The molecule has 8 nitrogen and oxygen atoms in total. The lowest BCUT2D eigenvalue weighted by atomic mass is 9.87. The molecular formula is C30H38ClN3O5S. The first kappa shape index (κ1) is 29.9. The number of hydrogen-bond donors (Lipinski definition) is 3. The van der Waals surface area contributed by atoms with Crippen LogP contribution >= 0.6 is 11.6 Å². The molecule has 1 fully saturated rings. The Morgan fingerprint density at radius 3 is 2.50 bits per heavy atom. The summed E-state index contributed by atoms with van der Waals surface area (Å²) in [5, 5.41) is 4.27. The minimum Gasteiger partial charge on any atom is -0.494 e. The number of para-hydroxylation sites is 1. The Hall–Kier alpha value is -3.04. The number of hydrogen-bond acceptors (Lipinski definition) is 5. The van der Waals surface area contributed by atoms with Crippen LogP contribution in [0.25, 0.3) is 10.9 Å². The van der Waals surface area contributed by atoms with Gasteiger partial charge in [-0.05, 0) is 80.3 Å². The first-order valence-electron chi connectivity index (χ1n) is 13.9. The van der Waals surface area contributed by atoms with E-state index in [1.807, 2.05) is 50.2 Å². The van der Waals surface area contributed by atoms with E-state index in [4.69, 9.17) is 16.3 Å². The fraction of sp³-hybridized carbons (Fsp3) is 0.467. The third kappa shape index (κ3) is 8.01. The van der Waals surface area contributed by atoms with E-state index >= 15 is 0 Å². The summed E-state index contributed by atoms with van der Waals surface area (Å²) in [4.78, 5) is 28.4. The Labute approximate surface area is 241 Å². The summed E-state index contributed by atoms with van der Waals surface area (Å²) in [5.41, 5.74) is 3.58. The Balaban J connectivity index is 1.34. The van der Waals surface area contributed by atoms with Gasteiger partial charge in [-0.3, -0.25) is 9.59 Å². The Bertz CT molecular complexity index is 1440. The van der Waals surface area contributed by atoms with Crippen LogP contribution in [0.2, 0.25) is 5.02 Å². The molecule has 0 spiro atoms. The molecule has 0 aliphatic heterocycles. The number of carbonyl (C=O) groups excluding carboxylic acids is 2. The molecule has 4 rings (SSSR count). The SMILES string of the molecule is Cc1cc(OCCCc2c(C(=O)NS(=O)(=O)CCNC(=O)CC3CCCCC3)[nH]c3ccccc23)cc(C)c1Cl. The zero-order valence-corrected chi connectivity index (χ0v) is 24.7. The molecule has 1 heterocycles. The number of halogens is 1. The quantitative estimate of drug-likeness (QED) is 0.239. The second kappa shape index (κ2) is 13.5. The van der Waals surface area contributed by atoms with E-state index in [-0.39, 0.29) is 23.9 Å². The molecule has 10 heteroatoms. The van der Waals surface area contributed by atoms with Crippen LogP contribution in [0, 0.1) is 19.8 Å². The van der Waals surface area contributed by atoms with Crippen molar-refractivity contribution in [3.63, 3.8) is 0 Å². The number of fused-ring (bicyclic) bond motifs is 1. The van der Waals surface area contributed by atoms with E-state index in [0.29, 0.717) is 31.8 Å². The molecule has 0 atom stereocenters. The summed E-state index contributed by atoms with van der Waals surface area (Å²) < 4.78 is 33.5. The summed E-state index contributed by atoms with van der Waals surface area (Å²) in [6, 6.07) is 11.3. The average molecular weight is 588 g/mol. The van der Waals surface area contributed by atoms with Gasteiger partial charge in [0.05, 0.1) is 12.4 Å². The van der Waals surface area contributed by atoms with Gasteiger partial charge in [0.2, 0.25) is 15.9 Å². The molecule has 1 aromatic heterocycles. The van der Waals surface area contributed by atoms with E-state index in [2.05, 4.69) is 15.0 Å². The standard InChI is InChI=1S/C30H38ClN3O5S/c1-20-17-23(18-21(2)28(20)31)39-15-8-12-25-24-11-6-7-13-26(24)33-29(25)30(36)34-40(37,38)16-14-32-27(35)19-22-9-4-3-5-10-22/h6-7,11,13,17-18,22,33H,3-5,8-10,12,14-16,19H2,1-2H3,(H,32,35)(H,34,36). The highest BCUT2D eigenvalue weighted by molar-refractivity contribution is 7.90. The number of rotatable bonds is 12. The van der Waals surface area contributed by atoms with Gasteiger partial charge in [0.1, 0.15) is 11.4 Å². The third-order valence-corrected chi connectivity index (χ3v) is 9.26. The van der Waals surface area contributed by atoms with Crippen LogP contribution in [0.3, 0.4) is 0 Å². The summed E-state index contributed by atoms with van der Waals surface area (Å²) in [6.07, 6.45) is 7.13. The molecule has 2 amide bonds. The lowest BCUT2D eigenvalue weighted by molar-refractivity contribution is -0.122. The van der Waals surface area contributed by atoms with Crippen molar-refractivity contribution in [3.05, 3.63) is 63.8 Å². The summed E-state index contributed by atoms with van der Waals surface area (Å²) in [5.74, 6) is -0.135. The van der Waals surface area contributed by atoms with Crippen molar-refractivity contribution in [3.8, 4) is 5.75 Å². The molecule has 1 saturated carbocycles. The van der Waals surface area contributed by atoms with Crippen LogP contribution in [-0.2, 0) is 21.2 Å². The molecule has 0 unspecified atom stereocenters. The van der Waals surface area contributed by atoms with Crippen LogP contribution in [-0.4, -0.2) is 44.1 Å². The van der Waals surface area contributed by atoms with Crippen molar-refractivity contribution in [2.75, 3.05) is 18.9 Å². The van der Waals surface area contributed by atoms with Gasteiger partial charge in [-0.2, -0.15) is 0 Å². The van der Waals surface area contributed by atoms with Crippen LogP contribution in [0.1, 0.15) is 72.1 Å². The van der Waals surface area contributed by atoms with Crippen LogP contribution < -0.4 is 14.8 Å². The molecule has 1 aliphatic carbocycles. The number of aromatic amines is 1. The Morgan fingerprint density at radius 1 is 1.07 bits per heavy atom. The molecular weight excluding hydrogens is 550 g/mol. The van der Waals surface area contributed by atoms with Gasteiger partial charge in [-0.25, -0.2) is 13.1 Å². The minimum absolute atomic E-state index is 0.0469. The van der Waals surface area contributed by atoms with Crippen molar-refractivity contribution in [1.82, 2.24) is 15.0 Å².